The number of anilines is 1. The van der Waals surface area contributed by atoms with Gasteiger partial charge in [-0.25, -0.2) is 0 Å². The van der Waals surface area contributed by atoms with E-state index >= 15 is 0 Å². The van der Waals surface area contributed by atoms with Crippen LogP contribution >= 0.6 is 11.6 Å². The zero-order chi connectivity index (χ0) is 23.5. The van der Waals surface area contributed by atoms with Crippen LogP contribution in [-0.2, 0) is 16.1 Å². The number of nitrogens with zero attached hydrogens (tertiary/aromatic N) is 1. The summed E-state index contributed by atoms with van der Waals surface area (Å²) in [5, 5.41) is 3.51. The molecule has 0 fully saturated rings. The van der Waals surface area contributed by atoms with Crippen LogP contribution in [0.3, 0.4) is 0 Å². The van der Waals surface area contributed by atoms with Gasteiger partial charge in [-0.1, -0.05) is 53.6 Å². The van der Waals surface area contributed by atoms with Gasteiger partial charge in [0, 0.05) is 5.69 Å². The van der Waals surface area contributed by atoms with Crippen molar-refractivity contribution in [2.45, 2.75) is 13.5 Å². The summed E-state index contributed by atoms with van der Waals surface area (Å²) >= 11 is 6.26. The van der Waals surface area contributed by atoms with Crippen molar-refractivity contribution in [3.8, 4) is 11.5 Å². The molecule has 168 valence electrons. The summed E-state index contributed by atoms with van der Waals surface area (Å²) in [6.07, 6.45) is 0. The van der Waals surface area contributed by atoms with Gasteiger partial charge in [-0.05, 0) is 48.4 Å². The van der Waals surface area contributed by atoms with Crippen molar-refractivity contribution < 1.29 is 19.1 Å². The second-order valence-electron chi connectivity index (χ2n) is 7.63. The first-order valence-electron chi connectivity index (χ1n) is 10.3. The van der Waals surface area contributed by atoms with E-state index in [9.17, 15) is 9.59 Å². The van der Waals surface area contributed by atoms with E-state index in [-0.39, 0.29) is 18.1 Å². The number of hydrogen-bond acceptors (Lipinski definition) is 5. The van der Waals surface area contributed by atoms with Gasteiger partial charge in [-0.3, -0.25) is 14.5 Å². The molecule has 6 nitrogen and oxygen atoms in total. The topological polar surface area (TPSA) is 67.9 Å². The van der Waals surface area contributed by atoms with Gasteiger partial charge in [0.1, 0.15) is 17.2 Å². The third kappa shape index (κ3) is 4.56. The van der Waals surface area contributed by atoms with Crippen LogP contribution in [0.15, 0.2) is 72.4 Å². The Balaban J connectivity index is 1.71. The summed E-state index contributed by atoms with van der Waals surface area (Å²) in [4.78, 5) is 28.1. The summed E-state index contributed by atoms with van der Waals surface area (Å²) in [5.74, 6) is 0.458. The van der Waals surface area contributed by atoms with E-state index in [0.717, 1.165) is 11.1 Å². The number of methoxy groups -OCH3 is 2. The Labute approximate surface area is 197 Å². The van der Waals surface area contributed by atoms with Gasteiger partial charge in [-0.2, -0.15) is 0 Å². The van der Waals surface area contributed by atoms with E-state index < -0.39 is 5.91 Å². The van der Waals surface area contributed by atoms with E-state index in [4.69, 9.17) is 21.1 Å². The Hall–Kier alpha value is -3.77. The van der Waals surface area contributed by atoms with Gasteiger partial charge in [0.2, 0.25) is 0 Å². The van der Waals surface area contributed by atoms with Crippen LogP contribution in [-0.4, -0.2) is 30.9 Å². The van der Waals surface area contributed by atoms with E-state index in [0.29, 0.717) is 33.3 Å². The zero-order valence-corrected chi connectivity index (χ0v) is 19.3. The molecule has 0 radical (unpaired) electrons. The monoisotopic (exact) mass is 462 g/mol. The number of halogens is 1. The number of amides is 2. The predicted molar refractivity (Wildman–Crippen MR) is 128 cm³/mol. The number of nitrogens with one attached hydrogen (secondary N) is 1. The lowest BCUT2D eigenvalue weighted by atomic mass is 10.0. The molecule has 1 heterocycles. The minimum absolute atomic E-state index is 0.144. The van der Waals surface area contributed by atoms with Crippen LogP contribution in [0.5, 0.6) is 11.5 Å². The molecule has 1 aliphatic heterocycles. The van der Waals surface area contributed by atoms with Gasteiger partial charge >= 0.3 is 0 Å². The maximum atomic E-state index is 13.4. The predicted octanol–water partition coefficient (Wildman–Crippen LogP) is 5.06. The van der Waals surface area contributed by atoms with Crippen molar-refractivity contribution in [3.05, 3.63) is 94.1 Å². The molecule has 2 amide bonds. The van der Waals surface area contributed by atoms with Crippen molar-refractivity contribution in [2.75, 3.05) is 19.5 Å². The SMILES string of the molecule is COc1ccc(CN2C(=O)C(Nc3ccc(OC)c(Cl)c3)=C(c3ccc(C)cc3)C2=O)cc1. The molecule has 3 aromatic carbocycles. The molecule has 0 saturated carbocycles. The van der Waals surface area contributed by atoms with Crippen LogP contribution in [0.2, 0.25) is 5.02 Å². The molecule has 33 heavy (non-hydrogen) atoms. The Kier molecular flexibility index (Phi) is 6.38. The van der Waals surface area contributed by atoms with Crippen molar-refractivity contribution in [1.29, 1.82) is 0 Å². The molecule has 0 atom stereocenters. The smallest absolute Gasteiger partial charge is 0.278 e. The Morgan fingerprint density at radius 3 is 2.18 bits per heavy atom. The minimum Gasteiger partial charge on any atom is -0.497 e. The molecule has 4 rings (SSSR count). The molecule has 0 bridgehead atoms. The van der Waals surface area contributed by atoms with E-state index in [2.05, 4.69) is 5.32 Å². The second-order valence-corrected chi connectivity index (χ2v) is 8.04. The highest BCUT2D eigenvalue weighted by Crippen LogP contribution is 2.34. The number of ether oxygens (including phenoxy) is 2. The van der Waals surface area contributed by atoms with Gasteiger partial charge < -0.3 is 14.8 Å². The summed E-state index contributed by atoms with van der Waals surface area (Å²) in [6.45, 7) is 2.11. The number of imide groups is 1. The molecule has 0 aromatic heterocycles. The molecule has 1 aliphatic rings. The minimum atomic E-state index is -0.404. The standard InChI is InChI=1S/C26H23ClN2O4/c1-16-4-8-18(9-5-16)23-24(28-19-10-13-22(33-3)21(27)14-19)26(31)29(25(23)30)15-17-6-11-20(32-2)12-7-17/h4-14,28H,15H2,1-3H3. The molecular formula is C26H23ClN2O4. The van der Waals surface area contributed by atoms with Crippen LogP contribution in [0.4, 0.5) is 5.69 Å². The van der Waals surface area contributed by atoms with E-state index in [1.165, 1.54) is 12.0 Å². The van der Waals surface area contributed by atoms with E-state index in [1.807, 2.05) is 43.3 Å². The van der Waals surface area contributed by atoms with E-state index in [1.54, 1.807) is 37.4 Å². The highest BCUT2D eigenvalue weighted by Gasteiger charge is 2.39. The highest BCUT2D eigenvalue weighted by molar-refractivity contribution is 6.36. The molecule has 1 N–H and O–H groups in total. The Morgan fingerprint density at radius 2 is 1.58 bits per heavy atom. The maximum Gasteiger partial charge on any atom is 0.278 e. The normalized spacial score (nSPS) is 13.5. The third-order valence-corrected chi connectivity index (χ3v) is 5.72. The zero-order valence-electron chi connectivity index (χ0n) is 18.5. The van der Waals surface area contributed by atoms with Gasteiger partial charge in [0.25, 0.3) is 11.8 Å². The lowest BCUT2D eigenvalue weighted by molar-refractivity contribution is -0.137. The number of aryl methyl sites for hydroxylation is 1. The molecule has 0 unspecified atom stereocenters. The molecule has 0 spiro atoms. The van der Waals surface area contributed by atoms with Gasteiger partial charge in [-0.15, -0.1) is 0 Å². The Morgan fingerprint density at radius 1 is 0.879 bits per heavy atom. The Bertz CT molecular complexity index is 1230. The quantitative estimate of drug-likeness (QED) is 0.497. The van der Waals surface area contributed by atoms with Crippen LogP contribution in [0.1, 0.15) is 16.7 Å². The second kappa shape index (κ2) is 9.38. The van der Waals surface area contributed by atoms with Gasteiger partial charge in [0.15, 0.2) is 0 Å². The number of carbonyl (C=O) groups excluding carboxylic acids is 2. The summed E-state index contributed by atoms with van der Waals surface area (Å²) < 4.78 is 10.4. The fraction of sp³-hybridized carbons (Fsp3) is 0.154. The number of rotatable bonds is 7. The lowest BCUT2D eigenvalue weighted by Crippen LogP contribution is -2.32. The van der Waals surface area contributed by atoms with Crippen molar-refractivity contribution in [2.24, 2.45) is 0 Å². The first-order chi connectivity index (χ1) is 15.9. The third-order valence-electron chi connectivity index (χ3n) is 5.43. The maximum absolute atomic E-state index is 13.4. The van der Waals surface area contributed by atoms with Gasteiger partial charge in [0.05, 0.1) is 31.4 Å². The number of hydrogen-bond donors (Lipinski definition) is 1. The fourth-order valence-electron chi connectivity index (χ4n) is 3.63. The summed E-state index contributed by atoms with van der Waals surface area (Å²) in [6, 6.07) is 19.9. The van der Waals surface area contributed by atoms with Crippen LogP contribution in [0.25, 0.3) is 5.57 Å². The molecule has 3 aromatic rings. The van der Waals surface area contributed by atoms with Crippen molar-refractivity contribution >= 4 is 34.7 Å². The highest BCUT2D eigenvalue weighted by atomic mass is 35.5. The molecule has 0 aliphatic carbocycles. The average molecular weight is 463 g/mol. The molecular weight excluding hydrogens is 440 g/mol. The number of carbonyl (C=O) groups is 2. The first-order valence-corrected chi connectivity index (χ1v) is 10.7. The van der Waals surface area contributed by atoms with Crippen molar-refractivity contribution in [3.63, 3.8) is 0 Å². The molecule has 0 saturated heterocycles. The molecule has 7 heteroatoms. The average Bonchev–Trinajstić information content (AvgIpc) is 3.04. The number of benzene rings is 3. The van der Waals surface area contributed by atoms with Crippen LogP contribution in [0, 0.1) is 6.92 Å². The van der Waals surface area contributed by atoms with Crippen LogP contribution < -0.4 is 14.8 Å². The first kappa shape index (κ1) is 22.4. The van der Waals surface area contributed by atoms with Crippen molar-refractivity contribution in [1.82, 2.24) is 4.90 Å². The summed E-state index contributed by atoms with van der Waals surface area (Å²) in [7, 11) is 3.12. The largest absolute Gasteiger partial charge is 0.497 e. The fourth-order valence-corrected chi connectivity index (χ4v) is 3.88. The lowest BCUT2D eigenvalue weighted by Gasteiger charge is -2.16. The summed E-state index contributed by atoms with van der Waals surface area (Å²) in [5.41, 5.74) is 3.64.